The van der Waals surface area contributed by atoms with E-state index in [1.54, 1.807) is 30.3 Å². The quantitative estimate of drug-likeness (QED) is 0.537. The lowest BCUT2D eigenvalue weighted by molar-refractivity contribution is -0.120. The maximum Gasteiger partial charge on any atom is 0.254 e. The second kappa shape index (κ2) is 8.07. The number of hydrogen-bond donors (Lipinski definition) is 3. The average molecular weight is 393 g/mol. The highest BCUT2D eigenvalue weighted by Gasteiger charge is 2.30. The van der Waals surface area contributed by atoms with Crippen molar-refractivity contribution in [3.8, 4) is 0 Å². The number of likely N-dealkylation sites (tertiary alicyclic amines) is 1. The smallest absolute Gasteiger partial charge is 0.254 e. The minimum Gasteiger partial charge on any atom is -0.384 e. The van der Waals surface area contributed by atoms with E-state index in [0.717, 1.165) is 37.1 Å². The fourth-order valence-corrected chi connectivity index (χ4v) is 3.57. The zero-order chi connectivity index (χ0) is 21.2. The van der Waals surface area contributed by atoms with E-state index < -0.39 is 5.41 Å². The first-order valence-corrected chi connectivity index (χ1v) is 9.86. The van der Waals surface area contributed by atoms with Crippen molar-refractivity contribution in [1.82, 2.24) is 4.90 Å². The summed E-state index contributed by atoms with van der Waals surface area (Å²) in [6, 6.07) is 12.6. The summed E-state index contributed by atoms with van der Waals surface area (Å²) in [5.41, 5.74) is 8.30. The van der Waals surface area contributed by atoms with Gasteiger partial charge in [-0.15, -0.1) is 0 Å². The van der Waals surface area contributed by atoms with E-state index in [2.05, 4.69) is 5.32 Å². The van der Waals surface area contributed by atoms with Crippen molar-refractivity contribution in [3.05, 3.63) is 64.7 Å². The number of nitrogens with zero attached hydrogens (tertiary/aromatic N) is 1. The molecule has 0 aliphatic carbocycles. The van der Waals surface area contributed by atoms with Gasteiger partial charge in [-0.05, 0) is 69.0 Å². The van der Waals surface area contributed by atoms with Gasteiger partial charge in [0.05, 0.1) is 5.41 Å². The standard InChI is InChI=1S/C23H28N4O2/c1-15-13-18(9-10-19(15)21(28)27-11-4-5-12-27)26-22(29)23(2,3)17-8-6-7-16(14-17)20(24)25/h6-10,13-14H,4-5,11-12H2,1-3H3,(H3,24,25)(H,26,29). The van der Waals surface area contributed by atoms with Crippen molar-refractivity contribution >= 4 is 23.3 Å². The summed E-state index contributed by atoms with van der Waals surface area (Å²) >= 11 is 0. The maximum absolute atomic E-state index is 13.0. The molecule has 0 aromatic heterocycles. The lowest BCUT2D eigenvalue weighted by Gasteiger charge is -2.25. The Morgan fingerprint density at radius 1 is 1.10 bits per heavy atom. The molecular weight excluding hydrogens is 364 g/mol. The molecule has 0 saturated carbocycles. The van der Waals surface area contributed by atoms with Crippen molar-refractivity contribution in [1.29, 1.82) is 5.41 Å². The van der Waals surface area contributed by atoms with Crippen molar-refractivity contribution in [2.45, 2.75) is 39.0 Å². The summed E-state index contributed by atoms with van der Waals surface area (Å²) in [7, 11) is 0. The maximum atomic E-state index is 13.0. The van der Waals surface area contributed by atoms with Gasteiger partial charge in [0.1, 0.15) is 5.84 Å². The summed E-state index contributed by atoms with van der Waals surface area (Å²) < 4.78 is 0. The van der Waals surface area contributed by atoms with Crippen LogP contribution in [0.5, 0.6) is 0 Å². The minimum absolute atomic E-state index is 0.0306. The highest BCUT2D eigenvalue weighted by Crippen LogP contribution is 2.27. The van der Waals surface area contributed by atoms with E-state index in [1.807, 2.05) is 37.8 Å². The lowest BCUT2D eigenvalue weighted by atomic mass is 9.82. The Morgan fingerprint density at radius 2 is 1.79 bits per heavy atom. The van der Waals surface area contributed by atoms with Crippen LogP contribution in [0.3, 0.4) is 0 Å². The van der Waals surface area contributed by atoms with Gasteiger partial charge in [-0.2, -0.15) is 0 Å². The van der Waals surface area contributed by atoms with Crippen molar-refractivity contribution < 1.29 is 9.59 Å². The van der Waals surface area contributed by atoms with Gasteiger partial charge in [0.2, 0.25) is 5.91 Å². The molecular formula is C23H28N4O2. The molecule has 1 aliphatic rings. The summed E-state index contributed by atoms with van der Waals surface area (Å²) in [4.78, 5) is 27.5. The molecule has 0 radical (unpaired) electrons. The molecule has 1 heterocycles. The number of benzene rings is 2. The van der Waals surface area contributed by atoms with Gasteiger partial charge < -0.3 is 16.0 Å². The Bertz CT molecular complexity index is 959. The monoisotopic (exact) mass is 392 g/mol. The third kappa shape index (κ3) is 4.31. The first kappa shape index (κ1) is 20.6. The normalized spacial score (nSPS) is 14.0. The van der Waals surface area contributed by atoms with Gasteiger partial charge in [-0.25, -0.2) is 0 Å². The van der Waals surface area contributed by atoms with Gasteiger partial charge in [0, 0.05) is 29.9 Å². The lowest BCUT2D eigenvalue weighted by Crippen LogP contribution is -2.35. The Balaban J connectivity index is 1.77. The van der Waals surface area contributed by atoms with E-state index in [-0.39, 0.29) is 17.6 Å². The minimum atomic E-state index is -0.816. The summed E-state index contributed by atoms with van der Waals surface area (Å²) in [6.45, 7) is 7.18. The fraction of sp³-hybridized carbons (Fsp3) is 0.348. The van der Waals surface area contributed by atoms with Crippen LogP contribution in [0.2, 0.25) is 0 Å². The first-order chi connectivity index (χ1) is 13.7. The number of rotatable bonds is 5. The number of carbonyl (C=O) groups excluding carboxylic acids is 2. The SMILES string of the molecule is Cc1cc(NC(=O)C(C)(C)c2cccc(C(=N)N)c2)ccc1C(=O)N1CCCC1. The van der Waals surface area contributed by atoms with E-state index in [0.29, 0.717) is 16.8 Å². The summed E-state index contributed by atoms with van der Waals surface area (Å²) in [5, 5.41) is 10.6. The van der Waals surface area contributed by atoms with Gasteiger partial charge in [0.15, 0.2) is 0 Å². The highest BCUT2D eigenvalue weighted by atomic mass is 16.2. The van der Waals surface area contributed by atoms with E-state index in [4.69, 9.17) is 11.1 Å². The third-order valence-electron chi connectivity index (χ3n) is 5.57. The zero-order valence-corrected chi connectivity index (χ0v) is 17.2. The molecule has 2 aromatic rings. The van der Waals surface area contributed by atoms with Gasteiger partial charge in [0.25, 0.3) is 5.91 Å². The summed E-state index contributed by atoms with van der Waals surface area (Å²) in [5.74, 6) is -0.146. The molecule has 6 nitrogen and oxygen atoms in total. The molecule has 1 aliphatic heterocycles. The largest absolute Gasteiger partial charge is 0.384 e. The molecule has 0 bridgehead atoms. The summed E-state index contributed by atoms with van der Waals surface area (Å²) in [6.07, 6.45) is 2.11. The Morgan fingerprint density at radius 3 is 2.41 bits per heavy atom. The number of nitrogens with two attached hydrogens (primary N) is 1. The molecule has 29 heavy (non-hydrogen) atoms. The number of nitrogens with one attached hydrogen (secondary N) is 2. The predicted octanol–water partition coefficient (Wildman–Crippen LogP) is 3.43. The Kier molecular flexibility index (Phi) is 5.73. The van der Waals surface area contributed by atoms with Gasteiger partial charge >= 0.3 is 0 Å². The topological polar surface area (TPSA) is 99.3 Å². The molecule has 2 amide bonds. The molecule has 6 heteroatoms. The molecule has 0 atom stereocenters. The van der Waals surface area contributed by atoms with E-state index in [9.17, 15) is 9.59 Å². The van der Waals surface area contributed by atoms with E-state index in [1.165, 1.54) is 0 Å². The van der Waals surface area contributed by atoms with E-state index >= 15 is 0 Å². The van der Waals surface area contributed by atoms with Crippen LogP contribution in [0, 0.1) is 12.3 Å². The number of anilines is 1. The van der Waals surface area contributed by atoms with Crippen LogP contribution in [0.25, 0.3) is 0 Å². The van der Waals surface area contributed by atoms with Crippen LogP contribution in [0.1, 0.15) is 53.7 Å². The van der Waals surface area contributed by atoms with Gasteiger partial charge in [-0.3, -0.25) is 15.0 Å². The zero-order valence-electron chi connectivity index (χ0n) is 17.2. The second-order valence-corrected chi connectivity index (χ2v) is 8.10. The number of carbonyl (C=O) groups is 2. The van der Waals surface area contributed by atoms with Crippen LogP contribution in [0.15, 0.2) is 42.5 Å². The predicted molar refractivity (Wildman–Crippen MR) is 115 cm³/mol. The molecule has 0 spiro atoms. The number of amidine groups is 1. The Labute approximate surface area is 171 Å². The molecule has 2 aromatic carbocycles. The number of hydrogen-bond acceptors (Lipinski definition) is 3. The molecule has 4 N–H and O–H groups in total. The average Bonchev–Trinajstić information content (AvgIpc) is 3.22. The molecule has 0 unspecified atom stereocenters. The number of amides is 2. The molecule has 3 rings (SSSR count). The Hall–Kier alpha value is -3.15. The number of aryl methyl sites for hydroxylation is 1. The van der Waals surface area contributed by atoms with Crippen molar-refractivity contribution in [2.75, 3.05) is 18.4 Å². The van der Waals surface area contributed by atoms with Crippen LogP contribution in [-0.2, 0) is 10.2 Å². The second-order valence-electron chi connectivity index (χ2n) is 8.10. The van der Waals surface area contributed by atoms with Crippen LogP contribution >= 0.6 is 0 Å². The van der Waals surface area contributed by atoms with Crippen LogP contribution < -0.4 is 11.1 Å². The van der Waals surface area contributed by atoms with Crippen LogP contribution in [0.4, 0.5) is 5.69 Å². The fourth-order valence-electron chi connectivity index (χ4n) is 3.57. The molecule has 152 valence electrons. The molecule has 1 fully saturated rings. The molecule has 1 saturated heterocycles. The van der Waals surface area contributed by atoms with Gasteiger partial charge in [-0.1, -0.05) is 18.2 Å². The van der Waals surface area contributed by atoms with Crippen molar-refractivity contribution in [3.63, 3.8) is 0 Å². The third-order valence-corrected chi connectivity index (χ3v) is 5.57. The van der Waals surface area contributed by atoms with Crippen LogP contribution in [-0.4, -0.2) is 35.6 Å². The first-order valence-electron chi connectivity index (χ1n) is 9.86. The highest BCUT2D eigenvalue weighted by molar-refractivity contribution is 6.01. The van der Waals surface area contributed by atoms with Crippen molar-refractivity contribution in [2.24, 2.45) is 5.73 Å². The number of nitrogen functional groups attached to an aromatic ring is 1.